The van der Waals surface area contributed by atoms with E-state index in [0.717, 1.165) is 11.8 Å². The normalized spacial score (nSPS) is 16.6. The van der Waals surface area contributed by atoms with E-state index in [1.54, 1.807) is 6.07 Å². The first-order valence-electron chi connectivity index (χ1n) is 6.70. The Kier molecular flexibility index (Phi) is 2.97. The molecule has 1 fully saturated rings. The number of H-pyrrole nitrogens is 1. The van der Waals surface area contributed by atoms with Gasteiger partial charge < -0.3 is 15.4 Å². The molecule has 1 aromatic carbocycles. The van der Waals surface area contributed by atoms with Gasteiger partial charge in [-0.3, -0.25) is 9.59 Å². The van der Waals surface area contributed by atoms with Gasteiger partial charge in [0.2, 0.25) is 0 Å². The van der Waals surface area contributed by atoms with Crippen molar-refractivity contribution in [3.63, 3.8) is 0 Å². The van der Waals surface area contributed by atoms with E-state index in [-0.39, 0.29) is 5.56 Å². The van der Waals surface area contributed by atoms with Crippen LogP contribution in [0.2, 0.25) is 0 Å². The van der Waals surface area contributed by atoms with Crippen LogP contribution >= 0.6 is 0 Å². The van der Waals surface area contributed by atoms with E-state index in [1.807, 2.05) is 24.3 Å². The molecule has 0 atom stereocenters. The van der Waals surface area contributed by atoms with Crippen molar-refractivity contribution in [2.45, 2.75) is 19.3 Å². The topological polar surface area (TPSA) is 82.2 Å². The predicted octanol–water partition coefficient (Wildman–Crippen LogP) is 2.19. The Bertz CT molecular complexity index is 716. The number of aromatic amines is 1. The van der Waals surface area contributed by atoms with Crippen molar-refractivity contribution in [2.75, 3.05) is 11.9 Å². The quantitative estimate of drug-likeness (QED) is 0.796. The predicted molar refractivity (Wildman–Crippen MR) is 77.0 cm³/mol. The minimum absolute atomic E-state index is 0.163. The van der Waals surface area contributed by atoms with E-state index in [0.29, 0.717) is 30.6 Å². The number of benzene rings is 1. The summed E-state index contributed by atoms with van der Waals surface area (Å²) < 4.78 is 0. The fourth-order valence-corrected chi connectivity index (χ4v) is 2.64. The van der Waals surface area contributed by atoms with Crippen LogP contribution in [-0.4, -0.2) is 22.6 Å². The third-order valence-electron chi connectivity index (χ3n) is 4.14. The van der Waals surface area contributed by atoms with Crippen LogP contribution in [0, 0.1) is 5.41 Å². The summed E-state index contributed by atoms with van der Waals surface area (Å²) in [6, 6.07) is 9.16. The molecule has 5 heteroatoms. The number of anilines is 1. The molecule has 3 rings (SSSR count). The molecule has 0 radical (unpaired) electrons. The Hall–Kier alpha value is -2.30. The average molecular weight is 272 g/mol. The van der Waals surface area contributed by atoms with Crippen LogP contribution in [0.3, 0.4) is 0 Å². The van der Waals surface area contributed by atoms with Crippen LogP contribution in [0.5, 0.6) is 0 Å². The van der Waals surface area contributed by atoms with Crippen LogP contribution in [-0.2, 0) is 4.79 Å². The van der Waals surface area contributed by atoms with Crippen LogP contribution < -0.4 is 10.9 Å². The molecule has 5 nitrogen and oxygen atoms in total. The van der Waals surface area contributed by atoms with Crippen molar-refractivity contribution in [3.8, 4) is 0 Å². The van der Waals surface area contributed by atoms with Crippen molar-refractivity contribution in [1.29, 1.82) is 0 Å². The molecule has 1 aromatic heterocycles. The molecule has 1 aliphatic carbocycles. The second-order valence-corrected chi connectivity index (χ2v) is 5.39. The Morgan fingerprint density at radius 3 is 2.75 bits per heavy atom. The summed E-state index contributed by atoms with van der Waals surface area (Å²) in [5.74, 6) is -0.194. The van der Waals surface area contributed by atoms with E-state index in [2.05, 4.69) is 10.3 Å². The molecule has 1 aliphatic rings. The van der Waals surface area contributed by atoms with Crippen molar-refractivity contribution in [1.82, 2.24) is 4.98 Å². The second-order valence-electron chi connectivity index (χ2n) is 5.39. The number of hydrogen-bond donors (Lipinski definition) is 3. The minimum Gasteiger partial charge on any atom is -0.481 e. The monoisotopic (exact) mass is 272 g/mol. The third-order valence-corrected chi connectivity index (χ3v) is 4.14. The molecule has 104 valence electrons. The Labute approximate surface area is 115 Å². The fraction of sp³-hybridized carbons (Fsp3) is 0.333. The zero-order chi connectivity index (χ0) is 14.2. The largest absolute Gasteiger partial charge is 0.481 e. The lowest BCUT2D eigenvalue weighted by atomic mass is 9.69. The standard InChI is InChI=1S/C15H16N2O3/c18-13-11-5-2-1-4-10(11)8-12(17-13)16-9-15(14(19)20)6-3-7-15/h1-2,4-5,8H,3,6-7,9H2,(H,19,20)(H2,16,17,18). The number of hydrogen-bond acceptors (Lipinski definition) is 3. The van der Waals surface area contributed by atoms with E-state index < -0.39 is 11.4 Å². The number of carbonyl (C=O) groups is 1. The fourth-order valence-electron chi connectivity index (χ4n) is 2.64. The molecule has 0 bridgehead atoms. The van der Waals surface area contributed by atoms with Gasteiger partial charge in [0.05, 0.1) is 5.41 Å². The number of fused-ring (bicyclic) bond motifs is 1. The lowest BCUT2D eigenvalue weighted by Crippen LogP contribution is -2.43. The van der Waals surface area contributed by atoms with Gasteiger partial charge in [-0.1, -0.05) is 24.6 Å². The molecule has 1 heterocycles. The molecule has 0 amide bonds. The van der Waals surface area contributed by atoms with Crippen LogP contribution in [0.15, 0.2) is 35.1 Å². The Morgan fingerprint density at radius 1 is 1.35 bits per heavy atom. The highest BCUT2D eigenvalue weighted by Crippen LogP contribution is 2.41. The number of aromatic nitrogens is 1. The molecular weight excluding hydrogens is 256 g/mol. The molecule has 0 spiro atoms. The van der Waals surface area contributed by atoms with Crippen molar-refractivity contribution < 1.29 is 9.90 Å². The van der Waals surface area contributed by atoms with E-state index in [4.69, 9.17) is 0 Å². The molecule has 0 unspecified atom stereocenters. The summed E-state index contributed by atoms with van der Waals surface area (Å²) in [6.07, 6.45) is 2.32. The van der Waals surface area contributed by atoms with Crippen LogP contribution in [0.4, 0.5) is 5.82 Å². The van der Waals surface area contributed by atoms with Gasteiger partial charge in [-0.05, 0) is 30.4 Å². The third kappa shape index (κ3) is 2.05. The summed E-state index contributed by atoms with van der Waals surface area (Å²) in [7, 11) is 0. The lowest BCUT2D eigenvalue weighted by Gasteiger charge is -2.37. The van der Waals surface area contributed by atoms with Gasteiger partial charge in [-0.2, -0.15) is 0 Å². The van der Waals surface area contributed by atoms with Gasteiger partial charge >= 0.3 is 5.97 Å². The number of pyridine rings is 1. The highest BCUT2D eigenvalue weighted by molar-refractivity contribution is 5.83. The Morgan fingerprint density at radius 2 is 2.10 bits per heavy atom. The molecule has 0 saturated heterocycles. The van der Waals surface area contributed by atoms with E-state index >= 15 is 0 Å². The summed E-state index contributed by atoms with van der Waals surface area (Å²) in [6.45, 7) is 0.344. The zero-order valence-corrected chi connectivity index (χ0v) is 11.0. The molecule has 1 saturated carbocycles. The first-order valence-corrected chi connectivity index (χ1v) is 6.70. The van der Waals surface area contributed by atoms with E-state index in [9.17, 15) is 14.7 Å². The maximum Gasteiger partial charge on any atom is 0.311 e. The number of nitrogens with one attached hydrogen (secondary N) is 2. The maximum absolute atomic E-state index is 11.9. The number of aliphatic carboxylic acids is 1. The van der Waals surface area contributed by atoms with Crippen molar-refractivity contribution in [2.24, 2.45) is 5.41 Å². The van der Waals surface area contributed by atoms with Gasteiger partial charge in [0.25, 0.3) is 5.56 Å². The second kappa shape index (κ2) is 4.67. The first-order chi connectivity index (χ1) is 9.61. The lowest BCUT2D eigenvalue weighted by molar-refractivity contribution is -0.153. The van der Waals surface area contributed by atoms with Gasteiger partial charge in [-0.25, -0.2) is 0 Å². The number of carboxylic acids is 1. The summed E-state index contributed by atoms with van der Waals surface area (Å²) in [4.78, 5) is 26.0. The van der Waals surface area contributed by atoms with Gasteiger partial charge in [0.1, 0.15) is 5.82 Å². The van der Waals surface area contributed by atoms with E-state index in [1.165, 1.54) is 0 Å². The average Bonchev–Trinajstić information content (AvgIpc) is 2.37. The SMILES string of the molecule is O=C(O)C1(CNc2cc3ccccc3c(=O)[nH]2)CCC1. The van der Waals surface area contributed by atoms with Crippen LogP contribution in [0.25, 0.3) is 10.8 Å². The summed E-state index contributed by atoms with van der Waals surface area (Å²) >= 11 is 0. The number of carboxylic acid groups (broad SMARTS) is 1. The number of rotatable bonds is 4. The molecule has 2 aromatic rings. The maximum atomic E-state index is 11.9. The smallest absolute Gasteiger partial charge is 0.311 e. The van der Waals surface area contributed by atoms with Gasteiger partial charge in [0.15, 0.2) is 0 Å². The molecule has 20 heavy (non-hydrogen) atoms. The molecule has 3 N–H and O–H groups in total. The molecule has 0 aliphatic heterocycles. The van der Waals surface area contributed by atoms with Crippen molar-refractivity contribution >= 4 is 22.6 Å². The minimum atomic E-state index is -0.764. The zero-order valence-electron chi connectivity index (χ0n) is 11.0. The highest BCUT2D eigenvalue weighted by Gasteiger charge is 2.44. The highest BCUT2D eigenvalue weighted by atomic mass is 16.4. The van der Waals surface area contributed by atoms with Crippen LogP contribution in [0.1, 0.15) is 19.3 Å². The molecular formula is C15H16N2O3. The van der Waals surface area contributed by atoms with Crippen molar-refractivity contribution in [3.05, 3.63) is 40.7 Å². The Balaban J connectivity index is 1.85. The summed E-state index contributed by atoms with van der Waals surface area (Å²) in [5.41, 5.74) is -0.841. The summed E-state index contributed by atoms with van der Waals surface area (Å²) in [5, 5.41) is 13.8. The van der Waals surface area contributed by atoms with Gasteiger partial charge in [-0.15, -0.1) is 0 Å². The van der Waals surface area contributed by atoms with Gasteiger partial charge in [0, 0.05) is 11.9 Å². The first kappa shape index (κ1) is 12.7.